The third-order valence-electron chi connectivity index (χ3n) is 2.93. The quantitative estimate of drug-likeness (QED) is 0.862. The summed E-state index contributed by atoms with van der Waals surface area (Å²) in [5.41, 5.74) is 0. The number of benzene rings is 1. The van der Waals surface area contributed by atoms with Gasteiger partial charge in [0.15, 0.2) is 9.84 Å². The molecule has 1 saturated heterocycles. The average molecular weight is 255 g/mol. The lowest BCUT2D eigenvalue weighted by atomic mass is 10.4. The van der Waals surface area contributed by atoms with Crippen LogP contribution in [-0.4, -0.2) is 42.9 Å². The number of likely N-dealkylation sites (tertiary alicyclic amines) is 1. The molecular weight excluding hydrogens is 242 g/mol. The molecule has 0 spiro atoms. The number of amides is 1. The Hall–Kier alpha value is -1.56. The zero-order chi connectivity index (χ0) is 12.5. The van der Waals surface area contributed by atoms with Gasteiger partial charge in [0.2, 0.25) is 0 Å². The molecule has 0 saturated carbocycles. The molecule has 1 N–H and O–H groups in total. The minimum Gasteiger partial charge on any atom is -0.465 e. The van der Waals surface area contributed by atoms with Crippen LogP contribution in [0.4, 0.5) is 4.79 Å². The maximum atomic E-state index is 12.2. The fourth-order valence-electron chi connectivity index (χ4n) is 1.96. The van der Waals surface area contributed by atoms with E-state index in [0.717, 1.165) is 4.90 Å². The summed E-state index contributed by atoms with van der Waals surface area (Å²) in [5, 5.41) is 8.17. The van der Waals surface area contributed by atoms with Crippen molar-refractivity contribution >= 4 is 15.9 Å². The predicted molar refractivity (Wildman–Crippen MR) is 61.6 cm³/mol. The number of hydrogen-bond acceptors (Lipinski definition) is 3. The third kappa shape index (κ3) is 2.26. The minimum atomic E-state index is -3.41. The predicted octanol–water partition coefficient (Wildman–Crippen LogP) is 1.21. The van der Waals surface area contributed by atoms with Gasteiger partial charge in [0.05, 0.1) is 10.1 Å². The van der Waals surface area contributed by atoms with Crippen molar-refractivity contribution in [1.82, 2.24) is 4.90 Å². The molecule has 1 aromatic rings. The summed E-state index contributed by atoms with van der Waals surface area (Å²) in [4.78, 5) is 12.1. The SMILES string of the molecule is O=C(O)N1CCC(S(=O)(=O)c2ccccc2)C1. The molecule has 5 nitrogen and oxygen atoms in total. The summed E-state index contributed by atoms with van der Waals surface area (Å²) in [6.45, 7) is 0.346. The van der Waals surface area contributed by atoms with E-state index in [1.807, 2.05) is 0 Å². The number of hydrogen-bond donors (Lipinski definition) is 1. The number of rotatable bonds is 2. The smallest absolute Gasteiger partial charge is 0.407 e. The molecule has 1 aromatic carbocycles. The molecule has 17 heavy (non-hydrogen) atoms. The van der Waals surface area contributed by atoms with E-state index in [0.29, 0.717) is 6.42 Å². The van der Waals surface area contributed by atoms with E-state index in [9.17, 15) is 13.2 Å². The molecule has 1 aliphatic heterocycles. The van der Waals surface area contributed by atoms with Gasteiger partial charge in [-0.25, -0.2) is 13.2 Å². The zero-order valence-corrected chi connectivity index (χ0v) is 9.93. The summed E-state index contributed by atoms with van der Waals surface area (Å²) >= 11 is 0. The van der Waals surface area contributed by atoms with E-state index in [1.54, 1.807) is 30.3 Å². The molecule has 1 aliphatic rings. The van der Waals surface area contributed by atoms with Crippen LogP contribution in [0.15, 0.2) is 35.2 Å². The Morgan fingerprint density at radius 1 is 1.29 bits per heavy atom. The lowest BCUT2D eigenvalue weighted by Crippen LogP contribution is -2.30. The monoisotopic (exact) mass is 255 g/mol. The molecule has 2 rings (SSSR count). The molecule has 0 radical (unpaired) electrons. The Kier molecular flexibility index (Phi) is 3.06. The molecule has 0 aromatic heterocycles. The van der Waals surface area contributed by atoms with Gasteiger partial charge in [0.25, 0.3) is 0 Å². The van der Waals surface area contributed by atoms with Crippen LogP contribution >= 0.6 is 0 Å². The molecule has 1 amide bonds. The van der Waals surface area contributed by atoms with E-state index in [-0.39, 0.29) is 18.0 Å². The normalized spacial score (nSPS) is 20.5. The number of sulfone groups is 1. The van der Waals surface area contributed by atoms with E-state index in [1.165, 1.54) is 0 Å². The van der Waals surface area contributed by atoms with E-state index in [2.05, 4.69) is 0 Å². The topological polar surface area (TPSA) is 74.7 Å². The second kappa shape index (κ2) is 4.37. The molecule has 0 bridgehead atoms. The Balaban J connectivity index is 2.22. The van der Waals surface area contributed by atoms with Gasteiger partial charge in [-0.15, -0.1) is 0 Å². The molecule has 92 valence electrons. The van der Waals surface area contributed by atoms with Crippen LogP contribution in [0.1, 0.15) is 6.42 Å². The first-order valence-corrected chi connectivity index (χ1v) is 6.83. The molecule has 0 aliphatic carbocycles. The van der Waals surface area contributed by atoms with Gasteiger partial charge in [-0.1, -0.05) is 18.2 Å². The average Bonchev–Trinajstić information content (AvgIpc) is 2.80. The molecule has 1 fully saturated rings. The van der Waals surface area contributed by atoms with Gasteiger partial charge in [-0.2, -0.15) is 0 Å². The van der Waals surface area contributed by atoms with Gasteiger partial charge in [0, 0.05) is 13.1 Å². The van der Waals surface area contributed by atoms with Crippen LogP contribution in [-0.2, 0) is 9.84 Å². The van der Waals surface area contributed by atoms with Crippen molar-refractivity contribution in [1.29, 1.82) is 0 Å². The van der Waals surface area contributed by atoms with Gasteiger partial charge in [-0.05, 0) is 18.6 Å². The second-order valence-electron chi connectivity index (χ2n) is 4.00. The fourth-order valence-corrected chi connectivity index (χ4v) is 3.67. The van der Waals surface area contributed by atoms with E-state index in [4.69, 9.17) is 5.11 Å². The third-order valence-corrected chi connectivity index (χ3v) is 5.12. The van der Waals surface area contributed by atoms with Crippen molar-refractivity contribution in [2.24, 2.45) is 0 Å². The Morgan fingerprint density at radius 3 is 2.47 bits per heavy atom. The minimum absolute atomic E-state index is 0.0621. The van der Waals surface area contributed by atoms with Crippen LogP contribution in [0.2, 0.25) is 0 Å². The summed E-state index contributed by atoms with van der Waals surface area (Å²) in [6.07, 6.45) is -0.695. The highest BCUT2D eigenvalue weighted by atomic mass is 32.2. The maximum absolute atomic E-state index is 12.2. The van der Waals surface area contributed by atoms with Gasteiger partial charge in [0.1, 0.15) is 0 Å². The highest BCUT2D eigenvalue weighted by Crippen LogP contribution is 2.23. The molecule has 1 heterocycles. The summed E-state index contributed by atoms with van der Waals surface area (Å²) in [6, 6.07) is 8.16. The van der Waals surface area contributed by atoms with Gasteiger partial charge >= 0.3 is 6.09 Å². The first kappa shape index (κ1) is 11.9. The van der Waals surface area contributed by atoms with Gasteiger partial charge < -0.3 is 10.0 Å². The van der Waals surface area contributed by atoms with Crippen LogP contribution in [0.5, 0.6) is 0 Å². The van der Waals surface area contributed by atoms with Crippen molar-refractivity contribution in [3.63, 3.8) is 0 Å². The van der Waals surface area contributed by atoms with Crippen molar-refractivity contribution in [3.8, 4) is 0 Å². The Bertz CT molecular complexity index is 512. The first-order valence-electron chi connectivity index (χ1n) is 5.28. The fraction of sp³-hybridized carbons (Fsp3) is 0.364. The number of carboxylic acid groups (broad SMARTS) is 1. The maximum Gasteiger partial charge on any atom is 0.407 e. The second-order valence-corrected chi connectivity index (χ2v) is 6.23. The standard InChI is InChI=1S/C11H13NO4S/c13-11(14)12-7-6-10(8-12)17(15,16)9-4-2-1-3-5-9/h1-5,10H,6-8H2,(H,13,14). The van der Waals surface area contributed by atoms with E-state index >= 15 is 0 Å². The van der Waals surface area contributed by atoms with E-state index < -0.39 is 21.2 Å². The first-order chi connectivity index (χ1) is 8.01. The van der Waals surface area contributed by atoms with Crippen LogP contribution in [0.25, 0.3) is 0 Å². The van der Waals surface area contributed by atoms with Crippen LogP contribution in [0, 0.1) is 0 Å². The lowest BCUT2D eigenvalue weighted by Gasteiger charge is -2.13. The lowest BCUT2D eigenvalue weighted by molar-refractivity contribution is 0.156. The Labute approximate surface area is 99.6 Å². The molecular formula is C11H13NO4S. The highest BCUT2D eigenvalue weighted by Gasteiger charge is 2.35. The Morgan fingerprint density at radius 2 is 1.94 bits per heavy atom. The van der Waals surface area contributed by atoms with Crippen molar-refractivity contribution in [2.75, 3.05) is 13.1 Å². The summed E-state index contributed by atoms with van der Waals surface area (Å²) < 4.78 is 24.4. The van der Waals surface area contributed by atoms with Crippen LogP contribution in [0.3, 0.4) is 0 Å². The van der Waals surface area contributed by atoms with Crippen LogP contribution < -0.4 is 0 Å². The zero-order valence-electron chi connectivity index (χ0n) is 9.11. The summed E-state index contributed by atoms with van der Waals surface area (Å²) in [7, 11) is -3.41. The molecule has 1 unspecified atom stereocenters. The van der Waals surface area contributed by atoms with Crippen molar-refractivity contribution in [3.05, 3.63) is 30.3 Å². The highest BCUT2D eigenvalue weighted by molar-refractivity contribution is 7.92. The molecule has 1 atom stereocenters. The largest absolute Gasteiger partial charge is 0.465 e. The van der Waals surface area contributed by atoms with Crippen molar-refractivity contribution in [2.45, 2.75) is 16.6 Å². The van der Waals surface area contributed by atoms with Gasteiger partial charge in [-0.3, -0.25) is 0 Å². The molecule has 6 heteroatoms. The summed E-state index contributed by atoms with van der Waals surface area (Å²) in [5.74, 6) is 0. The van der Waals surface area contributed by atoms with Crippen molar-refractivity contribution < 1.29 is 18.3 Å². The number of carbonyl (C=O) groups is 1. The number of nitrogens with zero attached hydrogens (tertiary/aromatic N) is 1.